The number of amides is 1. The van der Waals surface area contributed by atoms with E-state index in [0.717, 1.165) is 29.7 Å². The highest BCUT2D eigenvalue weighted by Crippen LogP contribution is 2.30. The van der Waals surface area contributed by atoms with Gasteiger partial charge in [0.25, 0.3) is 5.91 Å². The Balaban J connectivity index is 1.52. The molecule has 1 aromatic heterocycles. The number of methoxy groups -OCH3 is 1. The number of benzene rings is 2. The Bertz CT molecular complexity index is 919. The van der Waals surface area contributed by atoms with Gasteiger partial charge in [-0.3, -0.25) is 9.69 Å². The molecule has 1 saturated heterocycles. The summed E-state index contributed by atoms with van der Waals surface area (Å²) >= 11 is 1.51. The Hall–Kier alpha value is -2.64. The molecule has 1 aliphatic rings. The van der Waals surface area contributed by atoms with Crippen molar-refractivity contribution in [2.45, 2.75) is 18.9 Å². The second-order valence-corrected chi connectivity index (χ2v) is 7.58. The average molecular weight is 398 g/mol. The summed E-state index contributed by atoms with van der Waals surface area (Å²) < 4.78 is 17.7. The highest BCUT2D eigenvalue weighted by atomic mass is 32.1. The monoisotopic (exact) mass is 398 g/mol. The fraction of sp³-hybridized carbons (Fsp3) is 0.333. The van der Waals surface area contributed by atoms with Gasteiger partial charge in [-0.2, -0.15) is 0 Å². The first-order chi connectivity index (χ1) is 13.7. The van der Waals surface area contributed by atoms with Gasteiger partial charge < -0.3 is 14.2 Å². The van der Waals surface area contributed by atoms with E-state index >= 15 is 0 Å². The summed E-state index contributed by atoms with van der Waals surface area (Å²) in [6.07, 6.45) is 2.01. The van der Waals surface area contributed by atoms with Crippen LogP contribution in [0.3, 0.4) is 0 Å². The normalized spacial score (nSPS) is 16.2. The van der Waals surface area contributed by atoms with Gasteiger partial charge in [-0.05, 0) is 37.1 Å². The third-order valence-corrected chi connectivity index (χ3v) is 5.69. The number of nitrogens with zero attached hydrogens (tertiary/aromatic N) is 2. The van der Waals surface area contributed by atoms with E-state index in [4.69, 9.17) is 14.2 Å². The molecule has 1 amide bonds. The quantitative estimate of drug-likeness (QED) is 0.604. The SMILES string of the molecule is COc1cccc(OCC(=O)N(CC2CCCO2)c2nc3ccccc3s2)c1. The van der Waals surface area contributed by atoms with Gasteiger partial charge in [0.05, 0.1) is 30.0 Å². The lowest BCUT2D eigenvalue weighted by molar-refractivity contribution is -0.120. The molecule has 3 aromatic rings. The van der Waals surface area contributed by atoms with E-state index in [0.29, 0.717) is 23.2 Å². The van der Waals surface area contributed by atoms with Crippen molar-refractivity contribution in [3.8, 4) is 11.5 Å². The minimum Gasteiger partial charge on any atom is -0.497 e. The molecule has 0 N–H and O–H groups in total. The van der Waals surface area contributed by atoms with Crippen molar-refractivity contribution in [1.29, 1.82) is 0 Å². The van der Waals surface area contributed by atoms with Gasteiger partial charge in [0, 0.05) is 12.7 Å². The van der Waals surface area contributed by atoms with Crippen molar-refractivity contribution < 1.29 is 19.0 Å². The molecule has 28 heavy (non-hydrogen) atoms. The van der Waals surface area contributed by atoms with Crippen LogP contribution in [0, 0.1) is 0 Å². The zero-order valence-electron chi connectivity index (χ0n) is 15.7. The highest BCUT2D eigenvalue weighted by Gasteiger charge is 2.26. The van der Waals surface area contributed by atoms with Crippen LogP contribution >= 0.6 is 11.3 Å². The fourth-order valence-electron chi connectivity index (χ4n) is 3.17. The standard InChI is InChI=1S/C21H22N2O4S/c1-25-15-6-4-7-16(12-15)27-14-20(24)23(13-17-8-5-11-26-17)21-22-18-9-2-3-10-19(18)28-21/h2-4,6-7,9-10,12,17H,5,8,11,13-14H2,1H3. The average Bonchev–Trinajstić information content (AvgIpc) is 3.39. The number of ether oxygens (including phenoxy) is 3. The van der Waals surface area contributed by atoms with Crippen LogP contribution in [-0.2, 0) is 9.53 Å². The molecule has 1 atom stereocenters. The van der Waals surface area contributed by atoms with Gasteiger partial charge in [-0.15, -0.1) is 0 Å². The maximum absolute atomic E-state index is 13.0. The Morgan fingerprint density at radius 2 is 2.11 bits per heavy atom. The van der Waals surface area contributed by atoms with Gasteiger partial charge in [0.15, 0.2) is 11.7 Å². The molecular formula is C21H22N2O4S. The molecule has 2 heterocycles. The molecule has 0 saturated carbocycles. The van der Waals surface area contributed by atoms with Crippen LogP contribution in [0.15, 0.2) is 48.5 Å². The van der Waals surface area contributed by atoms with E-state index in [1.807, 2.05) is 36.4 Å². The molecule has 2 aromatic carbocycles. The number of thiazole rings is 1. The largest absolute Gasteiger partial charge is 0.497 e. The van der Waals surface area contributed by atoms with Gasteiger partial charge >= 0.3 is 0 Å². The summed E-state index contributed by atoms with van der Waals surface area (Å²) in [4.78, 5) is 19.4. The molecule has 0 bridgehead atoms. The Morgan fingerprint density at radius 3 is 2.89 bits per heavy atom. The lowest BCUT2D eigenvalue weighted by atomic mass is 10.2. The maximum atomic E-state index is 13.0. The van der Waals surface area contributed by atoms with E-state index in [-0.39, 0.29) is 18.6 Å². The van der Waals surface area contributed by atoms with Crippen molar-refractivity contribution in [3.63, 3.8) is 0 Å². The van der Waals surface area contributed by atoms with Gasteiger partial charge in [0.1, 0.15) is 11.5 Å². The molecule has 4 rings (SSSR count). The zero-order valence-corrected chi connectivity index (χ0v) is 16.5. The predicted octanol–water partition coefficient (Wildman–Crippen LogP) is 3.90. The van der Waals surface area contributed by atoms with E-state index in [2.05, 4.69) is 4.98 Å². The molecule has 146 valence electrons. The molecule has 1 unspecified atom stereocenters. The summed E-state index contributed by atoms with van der Waals surface area (Å²) in [5, 5.41) is 0.677. The van der Waals surface area contributed by atoms with Crippen LogP contribution in [0.1, 0.15) is 12.8 Å². The van der Waals surface area contributed by atoms with E-state index in [9.17, 15) is 4.79 Å². The van der Waals surface area contributed by atoms with Crippen molar-refractivity contribution in [3.05, 3.63) is 48.5 Å². The molecule has 0 spiro atoms. The first-order valence-electron chi connectivity index (χ1n) is 9.27. The number of para-hydroxylation sites is 1. The summed E-state index contributed by atoms with van der Waals surface area (Å²) in [7, 11) is 1.60. The van der Waals surface area contributed by atoms with Crippen molar-refractivity contribution in [2.75, 3.05) is 31.8 Å². The number of aromatic nitrogens is 1. The van der Waals surface area contributed by atoms with Crippen LogP contribution in [0.5, 0.6) is 11.5 Å². The summed E-state index contributed by atoms with van der Waals surface area (Å²) in [5.41, 5.74) is 0.890. The topological polar surface area (TPSA) is 60.9 Å². The Kier molecular flexibility index (Phi) is 5.73. The lowest BCUT2D eigenvalue weighted by Gasteiger charge is -2.23. The van der Waals surface area contributed by atoms with Crippen molar-refractivity contribution in [2.24, 2.45) is 0 Å². The van der Waals surface area contributed by atoms with E-state index in [1.165, 1.54) is 11.3 Å². The first-order valence-corrected chi connectivity index (χ1v) is 10.1. The third kappa shape index (κ3) is 4.26. The van der Waals surface area contributed by atoms with Gasteiger partial charge in [-0.1, -0.05) is 29.5 Å². The predicted molar refractivity (Wildman–Crippen MR) is 109 cm³/mol. The lowest BCUT2D eigenvalue weighted by Crippen LogP contribution is -2.40. The number of fused-ring (bicyclic) bond motifs is 1. The van der Waals surface area contributed by atoms with Gasteiger partial charge in [-0.25, -0.2) is 4.98 Å². The number of hydrogen-bond donors (Lipinski definition) is 0. The first kappa shape index (κ1) is 18.7. The summed E-state index contributed by atoms with van der Waals surface area (Å²) in [5.74, 6) is 1.14. The minimum atomic E-state index is -0.141. The minimum absolute atomic E-state index is 0.0350. The smallest absolute Gasteiger partial charge is 0.266 e. The summed E-state index contributed by atoms with van der Waals surface area (Å²) in [6, 6.07) is 15.1. The molecular weight excluding hydrogens is 376 g/mol. The second kappa shape index (κ2) is 8.58. The second-order valence-electron chi connectivity index (χ2n) is 6.57. The summed E-state index contributed by atoms with van der Waals surface area (Å²) in [6.45, 7) is 1.16. The number of hydrogen-bond acceptors (Lipinski definition) is 6. The number of carbonyl (C=O) groups is 1. The molecule has 6 nitrogen and oxygen atoms in total. The number of carbonyl (C=O) groups excluding carboxylic acids is 1. The van der Waals surface area contributed by atoms with Crippen LogP contribution < -0.4 is 14.4 Å². The molecule has 1 aliphatic heterocycles. The van der Waals surface area contributed by atoms with E-state index < -0.39 is 0 Å². The third-order valence-electron chi connectivity index (χ3n) is 4.63. The van der Waals surface area contributed by atoms with E-state index in [1.54, 1.807) is 24.1 Å². The Labute approximate surface area is 167 Å². The van der Waals surface area contributed by atoms with Gasteiger partial charge in [0.2, 0.25) is 0 Å². The number of anilines is 1. The Morgan fingerprint density at radius 1 is 1.25 bits per heavy atom. The molecule has 7 heteroatoms. The van der Waals surface area contributed by atoms with Crippen molar-refractivity contribution in [1.82, 2.24) is 4.98 Å². The fourth-order valence-corrected chi connectivity index (χ4v) is 4.16. The van der Waals surface area contributed by atoms with Crippen LogP contribution in [0.25, 0.3) is 10.2 Å². The van der Waals surface area contributed by atoms with Crippen LogP contribution in [-0.4, -0.2) is 43.9 Å². The molecule has 0 aliphatic carbocycles. The van der Waals surface area contributed by atoms with Crippen LogP contribution in [0.2, 0.25) is 0 Å². The highest BCUT2D eigenvalue weighted by molar-refractivity contribution is 7.22. The molecule has 1 fully saturated rings. The number of rotatable bonds is 7. The zero-order chi connectivity index (χ0) is 19.3. The molecule has 0 radical (unpaired) electrons. The maximum Gasteiger partial charge on any atom is 0.266 e. The van der Waals surface area contributed by atoms with Crippen molar-refractivity contribution >= 4 is 32.6 Å². The van der Waals surface area contributed by atoms with Crippen LogP contribution in [0.4, 0.5) is 5.13 Å².